The third-order valence-electron chi connectivity index (χ3n) is 6.81. The summed E-state index contributed by atoms with van der Waals surface area (Å²) in [5.74, 6) is -0.586. The standard InChI is InChI=1S/C31H35N5O5/c1-41-21-5-16-32-31(38)28-22-26(33-30(37)15-10-24-8-12-27(13-9-24)36(39)40)11-14-29(28)35-19-17-34(18-20-35)23-25-6-3-2-4-7-25/h2-4,6-15,22H,5,16-21,23H2,1H3,(H,32,38)(H,33,37)/b15-10+. The second kappa shape index (κ2) is 14.7. The quantitative estimate of drug-likeness (QED) is 0.147. The minimum atomic E-state index is -0.472. The van der Waals surface area contributed by atoms with Crippen molar-refractivity contribution in [3.63, 3.8) is 0 Å². The summed E-state index contributed by atoms with van der Waals surface area (Å²) in [6.07, 6.45) is 3.62. The predicted molar refractivity (Wildman–Crippen MR) is 160 cm³/mol. The number of nitro benzene ring substituents is 1. The Kier molecular flexibility index (Phi) is 10.6. The molecule has 10 nitrogen and oxygen atoms in total. The topological polar surface area (TPSA) is 117 Å². The van der Waals surface area contributed by atoms with Gasteiger partial charge in [0.2, 0.25) is 5.91 Å². The van der Waals surface area contributed by atoms with Gasteiger partial charge < -0.3 is 20.3 Å². The van der Waals surface area contributed by atoms with Gasteiger partial charge in [-0.05, 0) is 54.0 Å². The number of rotatable bonds is 12. The van der Waals surface area contributed by atoms with Crippen molar-refractivity contribution in [2.24, 2.45) is 0 Å². The summed E-state index contributed by atoms with van der Waals surface area (Å²) in [5, 5.41) is 16.6. The number of nitrogens with zero attached hydrogens (tertiary/aromatic N) is 3. The molecule has 41 heavy (non-hydrogen) atoms. The molecule has 1 fully saturated rings. The smallest absolute Gasteiger partial charge is 0.269 e. The van der Waals surface area contributed by atoms with Gasteiger partial charge >= 0.3 is 0 Å². The number of amides is 2. The zero-order valence-corrected chi connectivity index (χ0v) is 23.1. The molecule has 1 heterocycles. The van der Waals surface area contributed by atoms with E-state index in [9.17, 15) is 19.7 Å². The third kappa shape index (κ3) is 8.72. The second-order valence-electron chi connectivity index (χ2n) is 9.75. The molecule has 4 rings (SSSR count). The van der Waals surface area contributed by atoms with Crippen LogP contribution in [0.3, 0.4) is 0 Å². The fourth-order valence-electron chi connectivity index (χ4n) is 4.64. The molecule has 3 aromatic carbocycles. The molecular weight excluding hydrogens is 522 g/mol. The van der Waals surface area contributed by atoms with Gasteiger partial charge in [-0.15, -0.1) is 0 Å². The number of nitro groups is 1. The lowest BCUT2D eigenvalue weighted by molar-refractivity contribution is -0.384. The van der Waals surface area contributed by atoms with E-state index < -0.39 is 4.92 Å². The van der Waals surface area contributed by atoms with Crippen LogP contribution in [0.5, 0.6) is 0 Å². The Morgan fingerprint density at radius 3 is 2.41 bits per heavy atom. The number of anilines is 2. The number of carbonyl (C=O) groups excluding carboxylic acids is 2. The summed E-state index contributed by atoms with van der Waals surface area (Å²) < 4.78 is 5.09. The molecule has 2 N–H and O–H groups in total. The number of ether oxygens (including phenoxy) is 1. The Morgan fingerprint density at radius 1 is 1.00 bits per heavy atom. The van der Waals surface area contributed by atoms with Gasteiger partial charge in [0.05, 0.1) is 10.5 Å². The highest BCUT2D eigenvalue weighted by Crippen LogP contribution is 2.26. The number of hydrogen-bond donors (Lipinski definition) is 2. The number of carbonyl (C=O) groups is 2. The van der Waals surface area contributed by atoms with E-state index in [0.717, 1.165) is 38.4 Å². The summed E-state index contributed by atoms with van der Waals surface area (Å²) in [7, 11) is 1.62. The normalized spacial score (nSPS) is 13.7. The molecule has 214 valence electrons. The zero-order valence-electron chi connectivity index (χ0n) is 23.1. The molecule has 10 heteroatoms. The fraction of sp³-hybridized carbons (Fsp3) is 0.290. The number of benzene rings is 3. The lowest BCUT2D eigenvalue weighted by Gasteiger charge is -2.37. The summed E-state index contributed by atoms with van der Waals surface area (Å²) >= 11 is 0. The Bertz CT molecular complexity index is 1350. The van der Waals surface area contributed by atoms with Gasteiger partial charge in [0, 0.05) is 82.6 Å². The lowest BCUT2D eigenvalue weighted by Crippen LogP contribution is -2.46. The Morgan fingerprint density at radius 2 is 1.73 bits per heavy atom. The van der Waals surface area contributed by atoms with Crippen LogP contribution in [0.4, 0.5) is 17.1 Å². The van der Waals surface area contributed by atoms with Crippen LogP contribution in [0.1, 0.15) is 27.9 Å². The molecule has 0 aromatic heterocycles. The number of nitrogens with one attached hydrogen (secondary N) is 2. The number of piperazine rings is 1. The molecule has 0 saturated carbocycles. The van der Waals surface area contributed by atoms with Crippen LogP contribution in [-0.2, 0) is 16.1 Å². The molecule has 0 atom stereocenters. The number of methoxy groups -OCH3 is 1. The molecule has 1 saturated heterocycles. The molecule has 3 aromatic rings. The highest BCUT2D eigenvalue weighted by atomic mass is 16.6. The van der Waals surface area contributed by atoms with Crippen LogP contribution >= 0.6 is 0 Å². The van der Waals surface area contributed by atoms with E-state index in [4.69, 9.17) is 4.74 Å². The minimum Gasteiger partial charge on any atom is -0.385 e. The summed E-state index contributed by atoms with van der Waals surface area (Å²) in [4.78, 5) is 40.8. The Hall–Kier alpha value is -4.54. The highest BCUT2D eigenvalue weighted by molar-refractivity contribution is 6.05. The molecule has 2 amide bonds. The fourth-order valence-corrected chi connectivity index (χ4v) is 4.64. The average molecular weight is 558 g/mol. The minimum absolute atomic E-state index is 0.0164. The molecule has 0 aliphatic carbocycles. The van der Waals surface area contributed by atoms with E-state index in [1.54, 1.807) is 37.5 Å². The maximum Gasteiger partial charge on any atom is 0.269 e. The van der Waals surface area contributed by atoms with Crippen LogP contribution in [0.25, 0.3) is 6.08 Å². The van der Waals surface area contributed by atoms with Gasteiger partial charge in [0.15, 0.2) is 0 Å². The predicted octanol–water partition coefficient (Wildman–Crippen LogP) is 4.34. The van der Waals surface area contributed by atoms with Gasteiger partial charge in [-0.1, -0.05) is 30.3 Å². The first-order chi connectivity index (χ1) is 19.9. The van der Waals surface area contributed by atoms with Crippen molar-refractivity contribution < 1.29 is 19.2 Å². The van der Waals surface area contributed by atoms with E-state index in [1.807, 2.05) is 12.1 Å². The number of non-ortho nitro benzene ring substituents is 1. The average Bonchev–Trinajstić information content (AvgIpc) is 2.99. The molecule has 0 spiro atoms. The molecule has 1 aliphatic heterocycles. The lowest BCUT2D eigenvalue weighted by atomic mass is 10.1. The summed E-state index contributed by atoms with van der Waals surface area (Å²) in [5.41, 5.74) is 3.74. The Balaban J connectivity index is 1.44. The van der Waals surface area contributed by atoms with E-state index in [2.05, 4.69) is 44.7 Å². The third-order valence-corrected chi connectivity index (χ3v) is 6.81. The van der Waals surface area contributed by atoms with E-state index in [1.165, 1.54) is 23.8 Å². The van der Waals surface area contributed by atoms with Crippen LogP contribution in [0.2, 0.25) is 0 Å². The zero-order chi connectivity index (χ0) is 29.0. The maximum atomic E-state index is 13.2. The summed E-state index contributed by atoms with van der Waals surface area (Å²) in [6, 6.07) is 21.7. The van der Waals surface area contributed by atoms with Crippen LogP contribution in [-0.4, -0.2) is 68.1 Å². The van der Waals surface area contributed by atoms with Gasteiger partial charge in [-0.25, -0.2) is 0 Å². The Labute approximate surface area is 239 Å². The van der Waals surface area contributed by atoms with Crippen LogP contribution in [0.15, 0.2) is 78.9 Å². The molecular formula is C31H35N5O5. The van der Waals surface area contributed by atoms with Gasteiger partial charge in [-0.2, -0.15) is 0 Å². The van der Waals surface area contributed by atoms with Gasteiger partial charge in [-0.3, -0.25) is 24.6 Å². The molecule has 0 radical (unpaired) electrons. The van der Waals surface area contributed by atoms with Crippen molar-refractivity contribution in [1.82, 2.24) is 10.2 Å². The van der Waals surface area contributed by atoms with Crippen molar-refractivity contribution in [2.45, 2.75) is 13.0 Å². The monoisotopic (exact) mass is 557 g/mol. The van der Waals surface area contributed by atoms with Crippen molar-refractivity contribution >= 4 is 35.0 Å². The first-order valence-electron chi connectivity index (χ1n) is 13.6. The second-order valence-corrected chi connectivity index (χ2v) is 9.75. The molecule has 0 bridgehead atoms. The van der Waals surface area contributed by atoms with Crippen LogP contribution in [0, 0.1) is 10.1 Å². The SMILES string of the molecule is COCCCNC(=O)c1cc(NC(=O)/C=C/c2ccc([N+](=O)[O-])cc2)ccc1N1CCN(Cc2ccccc2)CC1. The van der Waals surface area contributed by atoms with E-state index in [-0.39, 0.29) is 17.5 Å². The first-order valence-corrected chi connectivity index (χ1v) is 13.6. The van der Waals surface area contributed by atoms with Crippen molar-refractivity contribution in [3.8, 4) is 0 Å². The van der Waals surface area contributed by atoms with Gasteiger partial charge in [0.1, 0.15) is 0 Å². The van der Waals surface area contributed by atoms with Crippen molar-refractivity contribution in [2.75, 3.05) is 56.7 Å². The first kappa shape index (κ1) is 29.4. The number of hydrogen-bond acceptors (Lipinski definition) is 7. The van der Waals surface area contributed by atoms with Crippen molar-refractivity contribution in [1.29, 1.82) is 0 Å². The largest absolute Gasteiger partial charge is 0.385 e. The maximum absolute atomic E-state index is 13.2. The van der Waals surface area contributed by atoms with Gasteiger partial charge in [0.25, 0.3) is 11.6 Å². The highest BCUT2D eigenvalue weighted by Gasteiger charge is 2.22. The van der Waals surface area contributed by atoms with E-state index in [0.29, 0.717) is 36.4 Å². The summed E-state index contributed by atoms with van der Waals surface area (Å²) in [6.45, 7) is 5.21. The van der Waals surface area contributed by atoms with Crippen molar-refractivity contribution in [3.05, 3.63) is 106 Å². The van der Waals surface area contributed by atoms with Crippen LogP contribution < -0.4 is 15.5 Å². The van der Waals surface area contributed by atoms with E-state index >= 15 is 0 Å². The molecule has 0 unspecified atom stereocenters. The molecule has 1 aliphatic rings.